The van der Waals surface area contributed by atoms with Crippen molar-refractivity contribution >= 4 is 61.3 Å². The van der Waals surface area contributed by atoms with Crippen molar-refractivity contribution in [2.24, 2.45) is 5.92 Å². The number of nitrogens with zero attached hydrogens (tertiary/aromatic N) is 5. The molecule has 1 aliphatic heterocycles. The van der Waals surface area contributed by atoms with E-state index in [1.54, 1.807) is 12.0 Å². The van der Waals surface area contributed by atoms with Crippen LogP contribution in [0.15, 0.2) is 41.3 Å². The van der Waals surface area contributed by atoms with E-state index in [-0.39, 0.29) is 30.3 Å². The fraction of sp³-hybridized carbons (Fsp3) is 0.346. The predicted octanol–water partition coefficient (Wildman–Crippen LogP) is 3.91. The van der Waals surface area contributed by atoms with Gasteiger partial charge in [-0.3, -0.25) is 9.59 Å². The van der Waals surface area contributed by atoms with Crippen LogP contribution in [0, 0.1) is 12.8 Å². The van der Waals surface area contributed by atoms with E-state index in [0.717, 1.165) is 16.5 Å². The Morgan fingerprint density at radius 2 is 1.97 bits per heavy atom. The lowest BCUT2D eigenvalue weighted by Crippen LogP contribution is -2.47. The molecule has 0 aliphatic carbocycles. The third kappa shape index (κ3) is 4.26. The molecule has 11 heteroatoms. The second-order valence-electron chi connectivity index (χ2n) is 9.46. The first-order valence-corrected chi connectivity index (χ1v) is 12.8. The number of pyridine rings is 1. The molecule has 37 heavy (non-hydrogen) atoms. The number of hydrogen-bond acceptors (Lipinski definition) is 7. The minimum Gasteiger partial charge on any atom is -0.496 e. The SMILES string of the molecule is COc1cccc2c1c1c(N)ncnc1n2CC(=O)N1[C@H](C)[C@@H](C)C[C@H]1C(=O)Nc1nc(Br)ccc1C. The molecule has 4 heterocycles. The summed E-state index contributed by atoms with van der Waals surface area (Å²) in [5, 5.41) is 4.31. The number of carbonyl (C=O) groups is 2. The molecular formula is C26H28BrN7O3. The highest BCUT2D eigenvalue weighted by Gasteiger charge is 2.43. The molecule has 3 atom stereocenters. The van der Waals surface area contributed by atoms with E-state index in [0.29, 0.717) is 39.4 Å². The summed E-state index contributed by atoms with van der Waals surface area (Å²) in [6.45, 7) is 5.90. The number of aryl methyl sites for hydroxylation is 1. The number of methoxy groups -OCH3 is 1. The summed E-state index contributed by atoms with van der Waals surface area (Å²) in [6.07, 6.45) is 1.94. The van der Waals surface area contributed by atoms with E-state index in [2.05, 4.69) is 43.1 Å². The Labute approximate surface area is 222 Å². The smallest absolute Gasteiger partial charge is 0.248 e. The summed E-state index contributed by atoms with van der Waals surface area (Å²) >= 11 is 3.35. The Morgan fingerprint density at radius 3 is 2.73 bits per heavy atom. The average molecular weight is 566 g/mol. The first-order valence-electron chi connectivity index (χ1n) is 12.0. The molecule has 5 rings (SSSR count). The third-order valence-electron chi connectivity index (χ3n) is 7.26. The van der Waals surface area contributed by atoms with Crippen molar-refractivity contribution in [1.29, 1.82) is 0 Å². The van der Waals surface area contributed by atoms with Crippen LogP contribution in [0.1, 0.15) is 25.8 Å². The second kappa shape index (κ2) is 9.62. The highest BCUT2D eigenvalue weighted by atomic mass is 79.9. The largest absolute Gasteiger partial charge is 0.496 e. The van der Waals surface area contributed by atoms with E-state index < -0.39 is 6.04 Å². The van der Waals surface area contributed by atoms with Gasteiger partial charge in [0.05, 0.1) is 23.4 Å². The number of halogens is 1. The van der Waals surface area contributed by atoms with Gasteiger partial charge in [-0.15, -0.1) is 0 Å². The lowest BCUT2D eigenvalue weighted by Gasteiger charge is -2.29. The Hall–Kier alpha value is -3.73. The van der Waals surface area contributed by atoms with Crippen molar-refractivity contribution in [3.63, 3.8) is 0 Å². The predicted molar refractivity (Wildman–Crippen MR) is 145 cm³/mol. The Bertz CT molecular complexity index is 1540. The number of ether oxygens (including phenoxy) is 1. The average Bonchev–Trinajstić information content (AvgIpc) is 3.36. The molecule has 192 valence electrons. The molecule has 1 saturated heterocycles. The van der Waals surface area contributed by atoms with Gasteiger partial charge in [0.2, 0.25) is 11.8 Å². The van der Waals surface area contributed by atoms with Crippen LogP contribution in [0.2, 0.25) is 0 Å². The van der Waals surface area contributed by atoms with Gasteiger partial charge in [-0.2, -0.15) is 0 Å². The third-order valence-corrected chi connectivity index (χ3v) is 7.70. The van der Waals surface area contributed by atoms with Crippen LogP contribution in [-0.4, -0.2) is 55.4 Å². The number of hydrogen-bond donors (Lipinski definition) is 2. The number of benzene rings is 1. The molecular weight excluding hydrogens is 538 g/mol. The van der Waals surface area contributed by atoms with Gasteiger partial charge in [-0.05, 0) is 65.9 Å². The fourth-order valence-electron chi connectivity index (χ4n) is 5.18. The van der Waals surface area contributed by atoms with Crippen LogP contribution >= 0.6 is 15.9 Å². The van der Waals surface area contributed by atoms with Crippen molar-refractivity contribution in [3.8, 4) is 5.75 Å². The van der Waals surface area contributed by atoms with Crippen LogP contribution in [0.3, 0.4) is 0 Å². The number of nitrogens with two attached hydrogens (primary N) is 1. The van der Waals surface area contributed by atoms with Crippen molar-refractivity contribution in [1.82, 2.24) is 24.4 Å². The lowest BCUT2D eigenvalue weighted by molar-refractivity contribution is -0.139. The van der Waals surface area contributed by atoms with E-state index in [4.69, 9.17) is 10.5 Å². The van der Waals surface area contributed by atoms with Gasteiger partial charge in [0.25, 0.3) is 0 Å². The minimum atomic E-state index is -0.625. The molecule has 2 amide bonds. The maximum absolute atomic E-state index is 13.9. The molecule has 0 unspecified atom stereocenters. The number of aromatic nitrogens is 4. The zero-order chi connectivity index (χ0) is 26.4. The number of amides is 2. The van der Waals surface area contributed by atoms with Gasteiger partial charge >= 0.3 is 0 Å². The molecule has 1 aliphatic rings. The standard InChI is InChI=1S/C26H28BrN7O3/c1-13-8-9-19(27)31-24(13)32-26(36)17-10-14(2)15(3)34(17)20(35)11-33-16-6-5-7-18(37-4)21(16)22-23(28)29-12-30-25(22)33/h5-9,12,14-15,17H,10-11H2,1-4H3,(H2,28,29,30)(H,31,32,36)/t14-,15+,17-/m0/s1. The summed E-state index contributed by atoms with van der Waals surface area (Å²) in [7, 11) is 1.58. The number of nitrogen functional groups attached to an aromatic ring is 1. The Kier molecular flexibility index (Phi) is 6.49. The molecule has 4 aromatic rings. The number of likely N-dealkylation sites (tertiary alicyclic amines) is 1. The van der Waals surface area contributed by atoms with Gasteiger partial charge in [-0.1, -0.05) is 19.1 Å². The van der Waals surface area contributed by atoms with Crippen LogP contribution < -0.4 is 15.8 Å². The molecule has 0 saturated carbocycles. The molecule has 3 N–H and O–H groups in total. The lowest BCUT2D eigenvalue weighted by atomic mass is 10.0. The zero-order valence-electron chi connectivity index (χ0n) is 21.0. The minimum absolute atomic E-state index is 0.0153. The number of anilines is 2. The highest BCUT2D eigenvalue weighted by Crippen LogP contribution is 2.37. The molecule has 0 spiro atoms. The van der Waals surface area contributed by atoms with Crippen LogP contribution in [0.4, 0.5) is 11.6 Å². The van der Waals surface area contributed by atoms with E-state index in [1.165, 1.54) is 6.33 Å². The summed E-state index contributed by atoms with van der Waals surface area (Å²) in [5.74, 6) is 1.10. The maximum Gasteiger partial charge on any atom is 0.248 e. The zero-order valence-corrected chi connectivity index (χ0v) is 22.6. The Balaban J connectivity index is 1.51. The number of fused-ring (bicyclic) bond motifs is 3. The fourth-order valence-corrected chi connectivity index (χ4v) is 5.49. The summed E-state index contributed by atoms with van der Waals surface area (Å²) in [6, 6.07) is 8.53. The van der Waals surface area contributed by atoms with E-state index >= 15 is 0 Å². The molecule has 3 aromatic heterocycles. The van der Waals surface area contributed by atoms with Crippen LogP contribution in [0.25, 0.3) is 21.9 Å². The van der Waals surface area contributed by atoms with Gasteiger partial charge < -0.3 is 25.3 Å². The number of nitrogens with one attached hydrogen (secondary N) is 1. The van der Waals surface area contributed by atoms with Gasteiger partial charge in [0.15, 0.2) is 0 Å². The summed E-state index contributed by atoms with van der Waals surface area (Å²) in [5.41, 5.74) is 8.36. The van der Waals surface area contributed by atoms with Crippen LogP contribution in [-0.2, 0) is 16.1 Å². The molecule has 1 aromatic carbocycles. The van der Waals surface area contributed by atoms with Crippen molar-refractivity contribution in [2.75, 3.05) is 18.2 Å². The number of rotatable bonds is 5. The van der Waals surface area contributed by atoms with Gasteiger partial charge in [-0.25, -0.2) is 15.0 Å². The van der Waals surface area contributed by atoms with Crippen molar-refractivity contribution < 1.29 is 14.3 Å². The summed E-state index contributed by atoms with van der Waals surface area (Å²) in [4.78, 5) is 42.0. The normalized spacial score (nSPS) is 19.5. The van der Waals surface area contributed by atoms with Crippen LogP contribution in [0.5, 0.6) is 5.75 Å². The van der Waals surface area contributed by atoms with Gasteiger partial charge in [0.1, 0.15) is 46.5 Å². The summed E-state index contributed by atoms with van der Waals surface area (Å²) < 4.78 is 8.02. The van der Waals surface area contributed by atoms with E-state index in [9.17, 15) is 9.59 Å². The van der Waals surface area contributed by atoms with Crippen molar-refractivity contribution in [3.05, 3.63) is 46.8 Å². The first kappa shape index (κ1) is 24.9. The molecule has 0 radical (unpaired) electrons. The Morgan fingerprint density at radius 1 is 1.19 bits per heavy atom. The molecule has 10 nitrogen and oxygen atoms in total. The highest BCUT2D eigenvalue weighted by molar-refractivity contribution is 9.10. The number of carbonyl (C=O) groups excluding carboxylic acids is 2. The quantitative estimate of drug-likeness (QED) is 0.351. The monoisotopic (exact) mass is 565 g/mol. The van der Waals surface area contributed by atoms with E-state index in [1.807, 2.05) is 48.7 Å². The topological polar surface area (TPSA) is 128 Å². The van der Waals surface area contributed by atoms with Gasteiger partial charge in [0, 0.05) is 6.04 Å². The van der Waals surface area contributed by atoms with Crippen molar-refractivity contribution in [2.45, 2.75) is 45.8 Å². The molecule has 0 bridgehead atoms. The maximum atomic E-state index is 13.9. The first-order chi connectivity index (χ1) is 17.7. The molecule has 1 fully saturated rings. The second-order valence-corrected chi connectivity index (χ2v) is 10.3.